The monoisotopic (exact) mass is 244 g/mol. The molecule has 0 bridgehead atoms. The van der Waals surface area contributed by atoms with E-state index in [0.717, 1.165) is 6.29 Å². The van der Waals surface area contributed by atoms with Crippen molar-refractivity contribution in [2.75, 3.05) is 6.61 Å². The number of carbonyl (C=O) groups is 1. The van der Waals surface area contributed by atoms with E-state index in [9.17, 15) is 4.79 Å². The second-order valence-electron chi connectivity index (χ2n) is 5.74. The van der Waals surface area contributed by atoms with E-state index in [1.807, 2.05) is 6.92 Å². The molecule has 16 heavy (non-hydrogen) atoms. The van der Waals surface area contributed by atoms with Crippen molar-refractivity contribution in [2.24, 2.45) is 5.92 Å². The van der Waals surface area contributed by atoms with Crippen LogP contribution in [0.2, 0.25) is 16.6 Å². The molecule has 0 radical (unpaired) electrons. The Bertz CT molecular complexity index is 190. The molecule has 0 aromatic rings. The van der Waals surface area contributed by atoms with Gasteiger partial charge in [-0.1, -0.05) is 48.5 Å². The van der Waals surface area contributed by atoms with Crippen molar-refractivity contribution in [1.29, 1.82) is 0 Å². The van der Waals surface area contributed by atoms with Crippen molar-refractivity contribution < 1.29 is 9.22 Å². The van der Waals surface area contributed by atoms with Crippen LogP contribution >= 0.6 is 0 Å². The Labute approximate surface area is 102 Å². The molecular weight excluding hydrogens is 216 g/mol. The summed E-state index contributed by atoms with van der Waals surface area (Å²) < 4.78 is 6.27. The minimum atomic E-state index is -1.77. The molecule has 1 atom stereocenters. The van der Waals surface area contributed by atoms with Crippen molar-refractivity contribution >= 4 is 14.6 Å². The maximum Gasteiger partial charge on any atom is 0.200 e. The smallest absolute Gasteiger partial charge is 0.200 e. The van der Waals surface area contributed by atoms with Crippen LogP contribution in [0.1, 0.15) is 48.5 Å². The Balaban J connectivity index is 4.83. The highest BCUT2D eigenvalue weighted by Crippen LogP contribution is 2.42. The number of hydrogen-bond donors (Lipinski definition) is 0. The molecule has 0 aromatic heterocycles. The van der Waals surface area contributed by atoms with Crippen molar-refractivity contribution in [1.82, 2.24) is 0 Å². The Hall–Kier alpha value is -0.153. The number of carbonyl (C=O) groups excluding carboxylic acids is 1. The summed E-state index contributed by atoms with van der Waals surface area (Å²) in [6, 6.07) is 0. The fourth-order valence-electron chi connectivity index (χ4n) is 2.82. The molecule has 0 aliphatic heterocycles. The van der Waals surface area contributed by atoms with Gasteiger partial charge in [-0.15, -0.1) is 0 Å². The molecule has 3 heteroatoms. The Morgan fingerprint density at radius 1 is 0.938 bits per heavy atom. The zero-order valence-electron chi connectivity index (χ0n) is 11.9. The van der Waals surface area contributed by atoms with Gasteiger partial charge >= 0.3 is 0 Å². The minimum absolute atomic E-state index is 0.0168. The summed E-state index contributed by atoms with van der Waals surface area (Å²) in [6.07, 6.45) is 0.986. The molecule has 96 valence electrons. The first-order chi connectivity index (χ1) is 7.28. The van der Waals surface area contributed by atoms with Crippen LogP contribution < -0.4 is 0 Å². The summed E-state index contributed by atoms with van der Waals surface area (Å²) >= 11 is 0. The summed E-state index contributed by atoms with van der Waals surface area (Å²) in [5.74, 6) is 0.0168. The molecule has 0 saturated carbocycles. The molecular formula is C13H28O2Si. The van der Waals surface area contributed by atoms with Crippen molar-refractivity contribution in [3.05, 3.63) is 0 Å². The van der Waals surface area contributed by atoms with Gasteiger partial charge in [0.15, 0.2) is 8.32 Å². The normalized spacial score (nSPS) is 14.9. The lowest BCUT2D eigenvalue weighted by molar-refractivity contribution is -0.111. The zero-order chi connectivity index (χ0) is 12.9. The standard InChI is InChI=1S/C13H28O2Si/c1-10(2)16(11(3)4,12(5)6)15-9-13(7)8-14/h8,10-13H,9H2,1-7H3/t13-/m1/s1. The first-order valence-corrected chi connectivity index (χ1v) is 8.52. The average molecular weight is 244 g/mol. The molecule has 0 N–H and O–H groups in total. The van der Waals surface area contributed by atoms with Gasteiger partial charge in [-0.05, 0) is 16.6 Å². The molecule has 0 rings (SSSR count). The SMILES string of the molecule is CC(C)[Si](OC[C@H](C)C=O)(C(C)C)C(C)C. The summed E-state index contributed by atoms with van der Waals surface area (Å²) in [4.78, 5) is 10.7. The van der Waals surface area contributed by atoms with Crippen molar-refractivity contribution in [2.45, 2.75) is 65.1 Å². The third-order valence-electron chi connectivity index (χ3n) is 3.54. The van der Waals surface area contributed by atoms with E-state index >= 15 is 0 Å². The van der Waals surface area contributed by atoms with Crippen LogP contribution in [0.25, 0.3) is 0 Å². The molecule has 0 heterocycles. The van der Waals surface area contributed by atoms with Crippen LogP contribution in [-0.2, 0) is 9.22 Å². The summed E-state index contributed by atoms with van der Waals surface area (Å²) in [6.45, 7) is 16.1. The largest absolute Gasteiger partial charge is 0.415 e. The molecule has 0 aromatic carbocycles. The van der Waals surface area contributed by atoms with E-state index in [1.54, 1.807) is 0 Å². The fourth-order valence-corrected chi connectivity index (χ4v) is 8.37. The zero-order valence-corrected chi connectivity index (χ0v) is 12.9. The Morgan fingerprint density at radius 3 is 1.56 bits per heavy atom. The Morgan fingerprint density at radius 2 is 1.31 bits per heavy atom. The molecule has 0 aliphatic rings. The van der Waals surface area contributed by atoms with Crippen LogP contribution in [0.3, 0.4) is 0 Å². The maximum absolute atomic E-state index is 10.7. The van der Waals surface area contributed by atoms with E-state index in [1.165, 1.54) is 0 Å². The van der Waals surface area contributed by atoms with E-state index in [4.69, 9.17) is 4.43 Å². The summed E-state index contributed by atoms with van der Waals surface area (Å²) in [5, 5.41) is 0. The highest BCUT2D eigenvalue weighted by molar-refractivity contribution is 6.77. The van der Waals surface area contributed by atoms with Crippen molar-refractivity contribution in [3.8, 4) is 0 Å². The second-order valence-corrected chi connectivity index (χ2v) is 11.2. The molecule has 0 amide bonds. The lowest BCUT2D eigenvalue weighted by atomic mass is 10.2. The summed E-state index contributed by atoms with van der Waals surface area (Å²) in [7, 11) is -1.77. The highest BCUT2D eigenvalue weighted by atomic mass is 28.4. The maximum atomic E-state index is 10.7. The van der Waals surface area contributed by atoms with Gasteiger partial charge in [0.2, 0.25) is 0 Å². The van der Waals surface area contributed by atoms with E-state index < -0.39 is 8.32 Å². The number of hydrogen-bond acceptors (Lipinski definition) is 2. The average Bonchev–Trinajstić information content (AvgIpc) is 2.16. The molecule has 0 unspecified atom stereocenters. The third-order valence-corrected chi connectivity index (χ3v) is 9.62. The topological polar surface area (TPSA) is 26.3 Å². The quantitative estimate of drug-likeness (QED) is 0.499. The van der Waals surface area contributed by atoms with E-state index in [2.05, 4.69) is 41.5 Å². The molecule has 0 saturated heterocycles. The number of rotatable bonds is 7. The van der Waals surface area contributed by atoms with E-state index in [0.29, 0.717) is 23.2 Å². The predicted octanol–water partition coefficient (Wildman–Crippen LogP) is 4.01. The molecule has 0 fully saturated rings. The van der Waals surface area contributed by atoms with Gasteiger partial charge in [-0.2, -0.15) is 0 Å². The van der Waals surface area contributed by atoms with Crippen LogP contribution in [-0.4, -0.2) is 21.2 Å². The lowest BCUT2D eigenvalue weighted by Crippen LogP contribution is -2.48. The third kappa shape index (κ3) is 3.42. The van der Waals surface area contributed by atoms with Gasteiger partial charge in [-0.3, -0.25) is 0 Å². The first-order valence-electron chi connectivity index (χ1n) is 6.38. The first kappa shape index (κ1) is 15.8. The van der Waals surface area contributed by atoms with Crippen LogP contribution in [0.4, 0.5) is 0 Å². The highest BCUT2D eigenvalue weighted by Gasteiger charge is 2.45. The predicted molar refractivity (Wildman–Crippen MR) is 72.2 cm³/mol. The van der Waals surface area contributed by atoms with Gasteiger partial charge in [0.25, 0.3) is 0 Å². The van der Waals surface area contributed by atoms with Gasteiger partial charge < -0.3 is 9.22 Å². The Kier molecular flexibility index (Phi) is 6.49. The van der Waals surface area contributed by atoms with E-state index in [-0.39, 0.29) is 5.92 Å². The number of aldehydes is 1. The second kappa shape index (κ2) is 6.55. The fraction of sp³-hybridized carbons (Fsp3) is 0.923. The van der Waals surface area contributed by atoms with Crippen LogP contribution in [0.5, 0.6) is 0 Å². The van der Waals surface area contributed by atoms with Gasteiger partial charge in [-0.25, -0.2) is 0 Å². The summed E-state index contributed by atoms with van der Waals surface area (Å²) in [5.41, 5.74) is 1.77. The molecule has 2 nitrogen and oxygen atoms in total. The van der Waals surface area contributed by atoms with Crippen LogP contribution in [0, 0.1) is 5.92 Å². The van der Waals surface area contributed by atoms with Crippen molar-refractivity contribution in [3.63, 3.8) is 0 Å². The lowest BCUT2D eigenvalue weighted by Gasteiger charge is -2.42. The minimum Gasteiger partial charge on any atom is -0.415 e. The molecule has 0 aliphatic carbocycles. The van der Waals surface area contributed by atoms with Crippen LogP contribution in [0.15, 0.2) is 0 Å². The van der Waals surface area contributed by atoms with Gasteiger partial charge in [0.1, 0.15) is 6.29 Å². The van der Waals surface area contributed by atoms with Gasteiger partial charge in [0, 0.05) is 12.5 Å². The van der Waals surface area contributed by atoms with Gasteiger partial charge in [0.05, 0.1) is 0 Å². The molecule has 0 spiro atoms.